The predicted octanol–water partition coefficient (Wildman–Crippen LogP) is 6.18. The monoisotopic (exact) mass is 615 g/mol. The van der Waals surface area contributed by atoms with E-state index in [1.807, 2.05) is 72.5 Å². The lowest BCUT2D eigenvalue weighted by atomic mass is 10.1. The fourth-order valence-corrected chi connectivity index (χ4v) is 5.23. The fourth-order valence-electron chi connectivity index (χ4n) is 4.83. The number of likely N-dealkylation sites (N-methyl/N-ethyl adjacent to an activating group) is 1. The van der Waals surface area contributed by atoms with Crippen LogP contribution in [0.3, 0.4) is 0 Å². The third-order valence-electron chi connectivity index (χ3n) is 6.87. The van der Waals surface area contributed by atoms with Crippen molar-refractivity contribution in [1.82, 2.24) is 24.8 Å². The molecule has 6 aromatic rings. The van der Waals surface area contributed by atoms with E-state index in [1.165, 1.54) is 12.1 Å². The second kappa shape index (κ2) is 11.8. The van der Waals surface area contributed by atoms with E-state index in [9.17, 15) is 9.50 Å². The number of ether oxygens (including phenoxy) is 1. The van der Waals surface area contributed by atoms with Crippen LogP contribution in [0.2, 0.25) is 0 Å². The number of hydrogen-bond acceptors (Lipinski definition) is 7. The number of nitrogens with zero attached hydrogens (tertiary/aromatic N) is 5. The minimum Gasteiger partial charge on any atom is -0.491 e. The number of halogens is 2. The first-order chi connectivity index (χ1) is 19.9. The molecule has 10 heteroatoms. The molecule has 1 N–H and O–H groups in total. The van der Waals surface area contributed by atoms with E-state index < -0.39 is 6.10 Å². The van der Waals surface area contributed by atoms with Crippen LogP contribution in [0.25, 0.3) is 44.4 Å². The van der Waals surface area contributed by atoms with Crippen molar-refractivity contribution in [1.29, 1.82) is 0 Å². The number of aromatic nitrogens is 4. The third-order valence-corrected chi connectivity index (χ3v) is 7.36. The minimum absolute atomic E-state index is 0.152. The van der Waals surface area contributed by atoms with Crippen molar-refractivity contribution in [2.24, 2.45) is 0 Å². The molecule has 0 radical (unpaired) electrons. The van der Waals surface area contributed by atoms with Crippen LogP contribution in [-0.4, -0.2) is 62.8 Å². The quantitative estimate of drug-likeness (QED) is 0.197. The van der Waals surface area contributed by atoms with E-state index >= 15 is 0 Å². The Bertz CT molecular complexity index is 1800. The van der Waals surface area contributed by atoms with Crippen molar-refractivity contribution < 1.29 is 18.8 Å². The highest BCUT2D eigenvalue weighted by atomic mass is 79.9. The Morgan fingerprint density at radius 2 is 1.88 bits per heavy atom. The van der Waals surface area contributed by atoms with Crippen molar-refractivity contribution in [3.63, 3.8) is 0 Å². The van der Waals surface area contributed by atoms with Gasteiger partial charge in [-0.2, -0.15) is 5.10 Å². The standard InChI is InChI=1S/C31H27BrFN5O3/c1-37(13-14-38-28-11-12-34-17-27(28)30(35-38)21-3-2-4-22(32)15-21)18-24(39)19-40-25-8-5-20(6-9-25)31-26-10-7-23(33)16-29(26)41-36-31/h2-12,15-17,24,39H,13-14,18-19H2,1H3/t24-/m1/s1. The Morgan fingerprint density at radius 1 is 1.02 bits per heavy atom. The molecule has 3 aromatic heterocycles. The second-order valence-corrected chi connectivity index (χ2v) is 10.8. The Hall–Kier alpha value is -4.12. The van der Waals surface area contributed by atoms with Crippen LogP contribution in [0.5, 0.6) is 5.75 Å². The molecule has 3 aromatic carbocycles. The summed E-state index contributed by atoms with van der Waals surface area (Å²) in [5.41, 5.74) is 4.79. The van der Waals surface area contributed by atoms with E-state index in [4.69, 9.17) is 14.4 Å². The zero-order chi connectivity index (χ0) is 28.3. The topological polar surface area (TPSA) is 89.4 Å². The van der Waals surface area contributed by atoms with Crippen molar-refractivity contribution in [2.75, 3.05) is 26.7 Å². The van der Waals surface area contributed by atoms with Gasteiger partial charge in [-0.1, -0.05) is 33.2 Å². The van der Waals surface area contributed by atoms with Crippen LogP contribution in [0, 0.1) is 5.82 Å². The molecule has 208 valence electrons. The summed E-state index contributed by atoms with van der Waals surface area (Å²) in [5, 5.41) is 21.3. The van der Waals surface area contributed by atoms with Gasteiger partial charge in [0.1, 0.15) is 35.7 Å². The molecule has 1 atom stereocenters. The maximum Gasteiger partial charge on any atom is 0.170 e. The second-order valence-electron chi connectivity index (χ2n) is 9.90. The van der Waals surface area contributed by atoms with Gasteiger partial charge < -0.3 is 19.3 Å². The summed E-state index contributed by atoms with van der Waals surface area (Å²) in [6.07, 6.45) is 2.95. The molecule has 0 saturated carbocycles. The zero-order valence-corrected chi connectivity index (χ0v) is 23.8. The van der Waals surface area contributed by atoms with Gasteiger partial charge in [0.2, 0.25) is 0 Å². The van der Waals surface area contributed by atoms with Crippen molar-refractivity contribution >= 4 is 37.8 Å². The molecule has 0 aliphatic heterocycles. The summed E-state index contributed by atoms with van der Waals surface area (Å²) in [7, 11) is 1.97. The lowest BCUT2D eigenvalue weighted by Crippen LogP contribution is -2.35. The van der Waals surface area contributed by atoms with Gasteiger partial charge >= 0.3 is 0 Å². The minimum atomic E-state index is -0.676. The highest BCUT2D eigenvalue weighted by Crippen LogP contribution is 2.30. The number of aliphatic hydroxyl groups is 1. The first-order valence-electron chi connectivity index (χ1n) is 13.2. The molecular weight excluding hydrogens is 589 g/mol. The summed E-state index contributed by atoms with van der Waals surface area (Å²) in [6, 6.07) is 21.8. The number of aliphatic hydroxyl groups excluding tert-OH is 1. The van der Waals surface area contributed by atoms with Crippen molar-refractivity contribution in [2.45, 2.75) is 12.6 Å². The van der Waals surface area contributed by atoms with E-state index in [1.54, 1.807) is 12.3 Å². The summed E-state index contributed by atoms with van der Waals surface area (Å²) < 4.78 is 27.5. The SMILES string of the molecule is CN(CCn1nc(-c2cccc(Br)c2)c2cnccc21)C[C@@H](O)COc1ccc(-c2noc3cc(F)ccc23)cc1. The number of rotatable bonds is 10. The van der Waals surface area contributed by atoms with Gasteiger partial charge in [0, 0.05) is 57.9 Å². The largest absolute Gasteiger partial charge is 0.491 e. The molecule has 0 bridgehead atoms. The molecule has 0 aliphatic rings. The lowest BCUT2D eigenvalue weighted by molar-refractivity contribution is 0.0752. The third kappa shape index (κ3) is 6.00. The smallest absolute Gasteiger partial charge is 0.170 e. The van der Waals surface area contributed by atoms with E-state index in [-0.39, 0.29) is 12.4 Å². The molecule has 6 rings (SSSR count). The predicted molar refractivity (Wildman–Crippen MR) is 159 cm³/mol. The summed E-state index contributed by atoms with van der Waals surface area (Å²) in [4.78, 5) is 6.36. The summed E-state index contributed by atoms with van der Waals surface area (Å²) in [6.45, 7) is 1.94. The van der Waals surface area contributed by atoms with E-state index in [2.05, 4.69) is 31.0 Å². The summed E-state index contributed by atoms with van der Waals surface area (Å²) in [5.74, 6) is 0.261. The van der Waals surface area contributed by atoms with Crippen molar-refractivity contribution in [3.8, 4) is 28.3 Å². The highest BCUT2D eigenvalue weighted by molar-refractivity contribution is 9.10. The molecule has 8 nitrogen and oxygen atoms in total. The van der Waals surface area contributed by atoms with Gasteiger partial charge in [-0.3, -0.25) is 9.67 Å². The normalized spacial score (nSPS) is 12.4. The molecule has 0 amide bonds. The van der Waals surface area contributed by atoms with Crippen LogP contribution in [0.1, 0.15) is 0 Å². The Morgan fingerprint density at radius 3 is 2.71 bits per heavy atom. The van der Waals surface area contributed by atoms with Crippen molar-refractivity contribution in [3.05, 3.63) is 95.5 Å². The molecule has 3 heterocycles. The molecule has 0 fully saturated rings. The van der Waals surface area contributed by atoms with Crippen LogP contribution in [0.15, 0.2) is 94.2 Å². The van der Waals surface area contributed by atoms with Gasteiger partial charge in [0.25, 0.3) is 0 Å². The maximum atomic E-state index is 13.4. The summed E-state index contributed by atoms with van der Waals surface area (Å²) >= 11 is 3.54. The highest BCUT2D eigenvalue weighted by Gasteiger charge is 2.15. The van der Waals surface area contributed by atoms with Crippen LogP contribution in [-0.2, 0) is 6.54 Å². The molecule has 0 aliphatic carbocycles. The molecule has 0 saturated heterocycles. The van der Waals surface area contributed by atoms with E-state index in [0.717, 1.165) is 37.6 Å². The number of fused-ring (bicyclic) bond motifs is 2. The van der Waals surface area contributed by atoms with Gasteiger partial charge in [0.15, 0.2) is 5.58 Å². The number of pyridine rings is 1. The first kappa shape index (κ1) is 27.1. The molecule has 41 heavy (non-hydrogen) atoms. The average Bonchev–Trinajstić information content (AvgIpc) is 3.57. The van der Waals surface area contributed by atoms with Gasteiger partial charge in [0.05, 0.1) is 12.1 Å². The number of hydrogen-bond donors (Lipinski definition) is 1. The van der Waals surface area contributed by atoms with Gasteiger partial charge in [-0.15, -0.1) is 0 Å². The molecule has 0 spiro atoms. The Labute approximate surface area is 244 Å². The molecular formula is C31H27BrFN5O3. The van der Waals surface area contributed by atoms with Crippen LogP contribution < -0.4 is 4.74 Å². The molecule has 0 unspecified atom stereocenters. The maximum absolute atomic E-state index is 13.4. The number of benzene rings is 3. The Kier molecular flexibility index (Phi) is 7.78. The van der Waals surface area contributed by atoms with Gasteiger partial charge in [-0.05, 0) is 61.6 Å². The van der Waals surface area contributed by atoms with Crippen LogP contribution >= 0.6 is 15.9 Å². The average molecular weight is 616 g/mol. The van der Waals surface area contributed by atoms with Crippen LogP contribution in [0.4, 0.5) is 4.39 Å². The van der Waals surface area contributed by atoms with E-state index in [0.29, 0.717) is 36.7 Å². The lowest BCUT2D eigenvalue weighted by Gasteiger charge is -2.21. The Balaban J connectivity index is 1.04. The first-order valence-corrected chi connectivity index (χ1v) is 13.9. The fraction of sp³-hybridized carbons (Fsp3) is 0.194. The zero-order valence-electron chi connectivity index (χ0n) is 22.2. The van der Waals surface area contributed by atoms with Gasteiger partial charge in [-0.25, -0.2) is 4.39 Å².